The van der Waals surface area contributed by atoms with Gasteiger partial charge in [0.2, 0.25) is 5.91 Å². The lowest BCUT2D eigenvalue weighted by Crippen LogP contribution is -2.57. The van der Waals surface area contributed by atoms with E-state index in [9.17, 15) is 18.4 Å². The van der Waals surface area contributed by atoms with Gasteiger partial charge in [-0.15, -0.1) is 0 Å². The van der Waals surface area contributed by atoms with Gasteiger partial charge in [-0.2, -0.15) is 0 Å². The van der Waals surface area contributed by atoms with Crippen LogP contribution in [-0.2, 0) is 4.79 Å². The minimum Gasteiger partial charge on any atom is -0.331 e. The van der Waals surface area contributed by atoms with Gasteiger partial charge in [-0.3, -0.25) is 9.69 Å². The zero-order valence-electron chi connectivity index (χ0n) is 13.4. The van der Waals surface area contributed by atoms with Crippen LogP contribution >= 0.6 is 11.8 Å². The van der Waals surface area contributed by atoms with Crippen LogP contribution < -0.4 is 5.32 Å². The van der Waals surface area contributed by atoms with Crippen molar-refractivity contribution in [3.05, 3.63) is 65.7 Å². The smallest absolute Gasteiger partial charge is 0.325 e. The number of hydrogen-bond acceptors (Lipinski definition) is 3. The lowest BCUT2D eigenvalue weighted by molar-refractivity contribution is -0.137. The maximum Gasteiger partial charge on any atom is 0.325 e. The predicted molar refractivity (Wildman–Crippen MR) is 90.9 cm³/mol. The average Bonchev–Trinajstić information content (AvgIpc) is 2.58. The molecule has 0 radical (unpaired) electrons. The molecule has 2 aromatic rings. The number of amides is 3. The molecule has 1 aliphatic heterocycles. The van der Waals surface area contributed by atoms with Crippen LogP contribution in [0.4, 0.5) is 13.6 Å². The summed E-state index contributed by atoms with van der Waals surface area (Å²) < 4.78 is 26.3. The number of nitrogens with one attached hydrogen (secondary N) is 1. The van der Waals surface area contributed by atoms with Crippen LogP contribution in [0.1, 0.15) is 24.9 Å². The van der Waals surface area contributed by atoms with E-state index in [4.69, 9.17) is 0 Å². The van der Waals surface area contributed by atoms with Crippen molar-refractivity contribution in [2.24, 2.45) is 0 Å². The molecule has 0 aromatic heterocycles. The lowest BCUT2D eigenvalue weighted by atomic mass is 10.1. The quantitative estimate of drug-likeness (QED) is 0.834. The predicted octanol–water partition coefficient (Wildman–Crippen LogP) is 4.09. The molecule has 1 heterocycles. The second-order valence-corrected chi connectivity index (χ2v) is 6.95. The van der Waals surface area contributed by atoms with E-state index >= 15 is 0 Å². The average molecular weight is 362 g/mol. The molecule has 0 spiro atoms. The highest BCUT2D eigenvalue weighted by molar-refractivity contribution is 8.00. The first-order valence-electron chi connectivity index (χ1n) is 7.75. The molecule has 7 heteroatoms. The first-order chi connectivity index (χ1) is 12.0. The second-order valence-electron chi connectivity index (χ2n) is 5.70. The molecular formula is C18H16F2N2O2S. The molecule has 4 nitrogen and oxygen atoms in total. The Hall–Kier alpha value is -2.41. The van der Waals surface area contributed by atoms with E-state index < -0.39 is 23.0 Å². The van der Waals surface area contributed by atoms with Crippen LogP contribution in [0.2, 0.25) is 0 Å². The van der Waals surface area contributed by atoms with E-state index in [-0.39, 0.29) is 18.4 Å². The van der Waals surface area contributed by atoms with Crippen molar-refractivity contribution in [1.82, 2.24) is 10.2 Å². The van der Waals surface area contributed by atoms with Gasteiger partial charge < -0.3 is 5.32 Å². The fourth-order valence-corrected chi connectivity index (χ4v) is 3.69. The third-order valence-electron chi connectivity index (χ3n) is 3.93. The summed E-state index contributed by atoms with van der Waals surface area (Å²) in [5.74, 6) is -2.18. The summed E-state index contributed by atoms with van der Waals surface area (Å²) in [6.45, 7) is 1.83. The maximum absolute atomic E-state index is 13.3. The van der Waals surface area contributed by atoms with Crippen molar-refractivity contribution in [3.63, 3.8) is 0 Å². The summed E-state index contributed by atoms with van der Waals surface area (Å²) >= 11 is 1.15. The fourth-order valence-electron chi connectivity index (χ4n) is 2.51. The zero-order valence-corrected chi connectivity index (χ0v) is 14.2. The van der Waals surface area contributed by atoms with Gasteiger partial charge in [-0.1, -0.05) is 42.1 Å². The Morgan fingerprint density at radius 3 is 2.56 bits per heavy atom. The van der Waals surface area contributed by atoms with E-state index in [1.165, 1.54) is 6.07 Å². The van der Waals surface area contributed by atoms with Gasteiger partial charge in [-0.05, 0) is 30.7 Å². The van der Waals surface area contributed by atoms with E-state index in [1.54, 1.807) is 0 Å². The molecular weight excluding hydrogens is 346 g/mol. The Kier molecular flexibility index (Phi) is 5.03. The molecule has 1 aliphatic rings. The molecule has 1 saturated heterocycles. The van der Waals surface area contributed by atoms with Gasteiger partial charge >= 0.3 is 6.03 Å². The minimum atomic E-state index is -0.954. The molecule has 3 rings (SSSR count). The standard InChI is InChI=1S/C18H16F2N2O2S/c1-11(12-5-3-2-4-6-12)21-18(24)22-16(23)10-17(22)25-13-7-8-14(19)15(20)9-13/h2-9,11,17H,10H2,1H3,(H,21,24)/t11-,17+/m1/s1. The highest BCUT2D eigenvalue weighted by Gasteiger charge is 2.41. The van der Waals surface area contributed by atoms with Crippen molar-refractivity contribution >= 4 is 23.7 Å². The molecule has 0 saturated carbocycles. The minimum absolute atomic E-state index is 0.177. The second kappa shape index (κ2) is 7.23. The number of carbonyl (C=O) groups is 2. The number of hydrogen-bond donors (Lipinski definition) is 1. The first kappa shape index (κ1) is 17.4. The van der Waals surface area contributed by atoms with Gasteiger partial charge in [0.05, 0.1) is 12.5 Å². The van der Waals surface area contributed by atoms with Gasteiger partial charge in [0, 0.05) is 4.90 Å². The summed E-state index contributed by atoms with van der Waals surface area (Å²) in [5.41, 5.74) is 0.925. The van der Waals surface area contributed by atoms with Crippen molar-refractivity contribution in [1.29, 1.82) is 0 Å². The monoisotopic (exact) mass is 362 g/mol. The van der Waals surface area contributed by atoms with Crippen molar-refractivity contribution in [2.75, 3.05) is 0 Å². The molecule has 2 aromatic carbocycles. The molecule has 25 heavy (non-hydrogen) atoms. The Balaban J connectivity index is 1.65. The summed E-state index contributed by atoms with van der Waals surface area (Å²) in [6, 6.07) is 12.2. The highest BCUT2D eigenvalue weighted by atomic mass is 32.2. The highest BCUT2D eigenvalue weighted by Crippen LogP contribution is 2.35. The van der Waals surface area contributed by atoms with Gasteiger partial charge in [0.1, 0.15) is 5.37 Å². The molecule has 3 amide bonds. The van der Waals surface area contributed by atoms with Crippen LogP contribution in [0.5, 0.6) is 0 Å². The van der Waals surface area contributed by atoms with Crippen LogP contribution in [0, 0.1) is 11.6 Å². The number of thioether (sulfide) groups is 1. The first-order valence-corrected chi connectivity index (χ1v) is 8.63. The molecule has 1 fully saturated rings. The van der Waals surface area contributed by atoms with Crippen molar-refractivity contribution in [3.8, 4) is 0 Å². The molecule has 130 valence electrons. The maximum atomic E-state index is 13.3. The summed E-state index contributed by atoms with van der Waals surface area (Å²) in [5, 5.41) is 2.35. The van der Waals surface area contributed by atoms with Crippen molar-refractivity contribution < 1.29 is 18.4 Å². The van der Waals surface area contributed by atoms with Crippen LogP contribution in [0.15, 0.2) is 53.4 Å². The van der Waals surface area contributed by atoms with Crippen molar-refractivity contribution in [2.45, 2.75) is 29.7 Å². The Labute approximate surface area is 148 Å². The van der Waals surface area contributed by atoms with Crippen LogP contribution in [0.25, 0.3) is 0 Å². The third kappa shape index (κ3) is 3.82. The van der Waals surface area contributed by atoms with Gasteiger partial charge in [0.15, 0.2) is 11.6 Å². The number of halogens is 2. The zero-order chi connectivity index (χ0) is 18.0. The van der Waals surface area contributed by atoms with Crippen LogP contribution in [-0.4, -0.2) is 22.2 Å². The fraction of sp³-hybridized carbons (Fsp3) is 0.222. The van der Waals surface area contributed by atoms with E-state index in [1.807, 2.05) is 37.3 Å². The lowest BCUT2D eigenvalue weighted by Gasteiger charge is -2.38. The SMILES string of the molecule is C[C@@H](NC(=O)N1C(=O)C[C@@H]1Sc1ccc(F)c(F)c1)c1ccccc1. The Morgan fingerprint density at radius 1 is 1.20 bits per heavy atom. The Morgan fingerprint density at radius 2 is 1.92 bits per heavy atom. The summed E-state index contributed by atoms with van der Waals surface area (Å²) in [6.07, 6.45) is 0.177. The normalized spacial score (nSPS) is 17.8. The number of imide groups is 1. The number of nitrogens with zero attached hydrogens (tertiary/aromatic N) is 1. The molecule has 0 unspecified atom stereocenters. The number of rotatable bonds is 4. The largest absolute Gasteiger partial charge is 0.331 e. The van der Waals surface area contributed by atoms with E-state index in [0.717, 1.165) is 34.4 Å². The summed E-state index contributed by atoms with van der Waals surface area (Å²) in [7, 11) is 0. The van der Waals surface area contributed by atoms with E-state index in [2.05, 4.69) is 5.32 Å². The number of benzene rings is 2. The Bertz CT molecular complexity index is 801. The summed E-state index contributed by atoms with van der Waals surface area (Å²) in [4.78, 5) is 25.8. The van der Waals surface area contributed by atoms with Crippen LogP contribution in [0.3, 0.4) is 0 Å². The molecule has 2 atom stereocenters. The number of likely N-dealkylation sites (tertiary alicyclic amines) is 1. The number of urea groups is 1. The molecule has 1 N–H and O–H groups in total. The molecule has 0 bridgehead atoms. The number of β-lactam (4-membered cyclic amide) rings is 1. The number of carbonyl (C=O) groups excluding carboxylic acids is 2. The topological polar surface area (TPSA) is 49.4 Å². The third-order valence-corrected chi connectivity index (χ3v) is 5.10. The van der Waals surface area contributed by atoms with E-state index in [0.29, 0.717) is 4.90 Å². The van der Waals surface area contributed by atoms with Gasteiger partial charge in [-0.25, -0.2) is 13.6 Å². The van der Waals surface area contributed by atoms with Gasteiger partial charge in [0.25, 0.3) is 0 Å². The molecule has 0 aliphatic carbocycles.